The van der Waals surface area contributed by atoms with Crippen molar-refractivity contribution >= 4 is 50.5 Å². The van der Waals surface area contributed by atoms with Crippen LogP contribution >= 0.6 is 21.6 Å². The summed E-state index contributed by atoms with van der Waals surface area (Å²) in [5.74, 6) is 0.508. The predicted molar refractivity (Wildman–Crippen MR) is 186 cm³/mol. The minimum absolute atomic E-state index is 0.0299. The lowest BCUT2D eigenvalue weighted by atomic mass is 9.85. The summed E-state index contributed by atoms with van der Waals surface area (Å²) >= 11 is 0. The van der Waals surface area contributed by atoms with Crippen LogP contribution in [0.1, 0.15) is 62.1 Å². The normalized spacial score (nSPS) is 19.2. The van der Waals surface area contributed by atoms with Crippen molar-refractivity contribution in [3.05, 3.63) is 63.4 Å². The van der Waals surface area contributed by atoms with E-state index in [9.17, 15) is 19.2 Å². The maximum Gasteiger partial charge on any atom is 0.509 e. The van der Waals surface area contributed by atoms with Crippen LogP contribution in [0.3, 0.4) is 0 Å². The number of ether oxygens (including phenoxy) is 5. The van der Waals surface area contributed by atoms with Crippen LogP contribution in [-0.2, 0) is 52.0 Å². The number of nitrogens with one attached hydrogen (secondary N) is 1. The van der Waals surface area contributed by atoms with E-state index in [0.29, 0.717) is 44.1 Å². The number of hydrogen-bond donors (Lipinski definition) is 1. The molecule has 14 heteroatoms. The Bertz CT molecular complexity index is 1740. The predicted octanol–water partition coefficient (Wildman–Crippen LogP) is 5.10. The number of unbranched alkanes of at least 4 members (excludes halogenated alkanes) is 1. The molecule has 2 atom stereocenters. The summed E-state index contributed by atoms with van der Waals surface area (Å²) in [6, 6.07) is 11.4. The standard InChI is InChI=1S/C35H41N3O9S2/c1-2-35(47-34(42)45-17-16-44-15-14-43-13-12-36-30(39)10-6-4-8-25-11-18-48-49-25)27-20-29-31-24(19-23-7-3-5-9-28(23)37-31)21-38(29)32(40)26(27)22-46-33(35)41/h3,5,7,9,19-20,25H,2,4,6,8,10-18,21-22H2,1H3,(H,36,39). The van der Waals surface area contributed by atoms with Crippen molar-refractivity contribution in [3.63, 3.8) is 0 Å². The van der Waals surface area contributed by atoms with Crippen molar-refractivity contribution in [3.8, 4) is 11.4 Å². The maximum atomic E-state index is 13.7. The van der Waals surface area contributed by atoms with Gasteiger partial charge in [0.2, 0.25) is 11.5 Å². The summed E-state index contributed by atoms with van der Waals surface area (Å²) in [6.07, 6.45) is 3.92. The maximum absolute atomic E-state index is 13.7. The van der Waals surface area contributed by atoms with E-state index < -0.39 is 17.7 Å². The summed E-state index contributed by atoms with van der Waals surface area (Å²) in [5.41, 5.74) is 1.24. The molecule has 262 valence electrons. The van der Waals surface area contributed by atoms with E-state index in [2.05, 4.69) is 5.32 Å². The van der Waals surface area contributed by atoms with Crippen molar-refractivity contribution < 1.29 is 38.1 Å². The molecule has 0 spiro atoms. The number of esters is 1. The lowest BCUT2D eigenvalue weighted by Crippen LogP contribution is -2.47. The number of benzene rings is 1. The Morgan fingerprint density at radius 3 is 2.71 bits per heavy atom. The number of aromatic nitrogens is 2. The highest BCUT2D eigenvalue weighted by Gasteiger charge is 2.51. The highest BCUT2D eigenvalue weighted by Crippen LogP contribution is 2.41. The number of carbonyl (C=O) groups is 3. The highest BCUT2D eigenvalue weighted by molar-refractivity contribution is 8.77. The number of fused-ring (bicyclic) bond motifs is 5. The first-order valence-corrected chi connectivity index (χ1v) is 19.2. The Labute approximate surface area is 292 Å². The fraction of sp³-hybridized carbons (Fsp3) is 0.514. The molecule has 0 radical (unpaired) electrons. The van der Waals surface area contributed by atoms with Crippen LogP contribution in [0.5, 0.6) is 0 Å². The second-order valence-corrected chi connectivity index (χ2v) is 14.9. The molecule has 0 aliphatic carbocycles. The van der Waals surface area contributed by atoms with E-state index >= 15 is 0 Å². The first kappa shape index (κ1) is 35.2. The first-order chi connectivity index (χ1) is 23.9. The number of amides is 1. The second-order valence-electron chi connectivity index (χ2n) is 12.1. The molecule has 0 saturated carbocycles. The zero-order chi connectivity index (χ0) is 34.2. The molecule has 6 rings (SSSR count). The quantitative estimate of drug-likeness (QED) is 0.0938. The number of hydrogen-bond acceptors (Lipinski definition) is 12. The van der Waals surface area contributed by atoms with Gasteiger partial charge in [-0.25, -0.2) is 14.6 Å². The first-order valence-electron chi connectivity index (χ1n) is 16.8. The summed E-state index contributed by atoms with van der Waals surface area (Å²) in [5, 5.41) is 4.58. The Hall–Kier alpha value is -3.59. The third-order valence-electron chi connectivity index (χ3n) is 8.94. The van der Waals surface area contributed by atoms with E-state index in [1.165, 1.54) is 18.6 Å². The largest absolute Gasteiger partial charge is 0.509 e. The van der Waals surface area contributed by atoms with Gasteiger partial charge < -0.3 is 33.6 Å². The van der Waals surface area contributed by atoms with Gasteiger partial charge in [0.15, 0.2) is 0 Å². The van der Waals surface area contributed by atoms with Crippen LogP contribution in [0.25, 0.3) is 22.3 Å². The van der Waals surface area contributed by atoms with Gasteiger partial charge in [-0.2, -0.15) is 0 Å². The van der Waals surface area contributed by atoms with Crippen molar-refractivity contribution in [2.75, 3.05) is 45.3 Å². The number of carbonyl (C=O) groups excluding carboxylic acids is 3. The van der Waals surface area contributed by atoms with Gasteiger partial charge in [-0.15, -0.1) is 0 Å². The average molecular weight is 712 g/mol. The molecule has 1 saturated heterocycles. The molecule has 1 fully saturated rings. The fourth-order valence-corrected chi connectivity index (χ4v) is 9.36. The van der Waals surface area contributed by atoms with Gasteiger partial charge in [-0.1, -0.05) is 53.1 Å². The number of para-hydroxylation sites is 1. The Morgan fingerprint density at radius 1 is 1.08 bits per heavy atom. The lowest BCUT2D eigenvalue weighted by Gasteiger charge is -2.35. The van der Waals surface area contributed by atoms with Crippen LogP contribution < -0.4 is 10.9 Å². The van der Waals surface area contributed by atoms with Gasteiger partial charge >= 0.3 is 12.1 Å². The number of pyridine rings is 2. The highest BCUT2D eigenvalue weighted by atomic mass is 33.1. The second kappa shape index (κ2) is 16.4. The molecule has 1 aromatic carbocycles. The number of cyclic esters (lactones) is 1. The zero-order valence-electron chi connectivity index (χ0n) is 27.5. The van der Waals surface area contributed by atoms with E-state index in [0.717, 1.165) is 34.6 Å². The van der Waals surface area contributed by atoms with Gasteiger partial charge in [-0.05, 0) is 43.9 Å². The van der Waals surface area contributed by atoms with Crippen LogP contribution in [0.2, 0.25) is 0 Å². The summed E-state index contributed by atoms with van der Waals surface area (Å²) in [6.45, 7) is 3.14. The fourth-order valence-electron chi connectivity index (χ4n) is 6.33. The third kappa shape index (κ3) is 8.08. The van der Waals surface area contributed by atoms with Crippen LogP contribution in [0, 0.1) is 0 Å². The minimum atomic E-state index is -1.85. The number of rotatable bonds is 16. The molecule has 3 aliphatic rings. The number of nitrogens with zero attached hydrogens (tertiary/aromatic N) is 2. The van der Waals surface area contributed by atoms with E-state index in [1.54, 1.807) is 17.6 Å². The van der Waals surface area contributed by atoms with Gasteiger partial charge in [0.05, 0.1) is 55.4 Å². The molecule has 3 aromatic rings. The summed E-state index contributed by atoms with van der Waals surface area (Å²) in [7, 11) is 3.91. The summed E-state index contributed by atoms with van der Waals surface area (Å²) < 4.78 is 28.9. The molecule has 2 aromatic heterocycles. The molecule has 0 bridgehead atoms. The van der Waals surface area contributed by atoms with Crippen molar-refractivity contribution in [1.82, 2.24) is 14.9 Å². The Balaban J connectivity index is 0.937. The Morgan fingerprint density at radius 2 is 1.90 bits per heavy atom. The minimum Gasteiger partial charge on any atom is -0.457 e. The van der Waals surface area contributed by atoms with Gasteiger partial charge in [0, 0.05) is 40.5 Å². The monoisotopic (exact) mass is 711 g/mol. The van der Waals surface area contributed by atoms with Gasteiger partial charge in [-0.3, -0.25) is 9.59 Å². The van der Waals surface area contributed by atoms with Crippen molar-refractivity contribution in [2.24, 2.45) is 0 Å². The molecule has 2 unspecified atom stereocenters. The third-order valence-corrected chi connectivity index (χ3v) is 11.9. The molecular weight excluding hydrogens is 671 g/mol. The summed E-state index contributed by atoms with van der Waals surface area (Å²) in [4.78, 5) is 56.5. The zero-order valence-corrected chi connectivity index (χ0v) is 29.2. The molecule has 49 heavy (non-hydrogen) atoms. The van der Waals surface area contributed by atoms with Crippen molar-refractivity contribution in [1.29, 1.82) is 0 Å². The van der Waals surface area contributed by atoms with Gasteiger partial charge in [0.1, 0.15) is 13.2 Å². The lowest BCUT2D eigenvalue weighted by molar-refractivity contribution is -0.175. The van der Waals surface area contributed by atoms with E-state index in [4.69, 9.17) is 28.7 Å². The topological polar surface area (TPSA) is 144 Å². The molecule has 3 aliphatic heterocycles. The van der Waals surface area contributed by atoms with Crippen LogP contribution in [-0.4, -0.2) is 78.2 Å². The van der Waals surface area contributed by atoms with Crippen molar-refractivity contribution in [2.45, 2.75) is 69.5 Å². The van der Waals surface area contributed by atoms with E-state index in [1.807, 2.05) is 51.9 Å². The SMILES string of the molecule is CCC1(OC(=O)OCCOCCOCCNC(=O)CCCCC2CCSS2)C(=O)OCc2c1cc1n(c2=O)Cc2cc3ccccc3nc2-1. The molecule has 5 heterocycles. The molecular formula is C35H41N3O9S2. The average Bonchev–Trinajstić information content (AvgIpc) is 3.76. The van der Waals surface area contributed by atoms with Crippen LogP contribution in [0.15, 0.2) is 41.2 Å². The molecule has 1 amide bonds. The molecule has 1 N–H and O–H groups in total. The molecule has 12 nitrogen and oxygen atoms in total. The van der Waals surface area contributed by atoms with Crippen LogP contribution in [0.4, 0.5) is 4.79 Å². The van der Waals surface area contributed by atoms with E-state index in [-0.39, 0.29) is 55.4 Å². The smallest absolute Gasteiger partial charge is 0.457 e. The van der Waals surface area contributed by atoms with Gasteiger partial charge in [0.25, 0.3) is 5.56 Å². The Kier molecular flexibility index (Phi) is 11.8.